The lowest BCUT2D eigenvalue weighted by molar-refractivity contribution is -0.119. The molecule has 1 amide bonds. The molecule has 0 aromatic rings. The summed E-state index contributed by atoms with van der Waals surface area (Å²) in [6.07, 6.45) is 5.02. The van der Waals surface area contributed by atoms with Crippen LogP contribution in [-0.2, 0) is 4.79 Å². The molecule has 13 heavy (non-hydrogen) atoms. The quantitative estimate of drug-likeness (QED) is 0.693. The molecule has 1 saturated carbocycles. The molecule has 0 heterocycles. The van der Waals surface area contributed by atoms with Crippen LogP contribution < -0.4 is 5.73 Å². The molecule has 0 bridgehead atoms. The van der Waals surface area contributed by atoms with Crippen LogP contribution in [0.2, 0.25) is 0 Å². The number of aliphatic hydroxyl groups excluding tert-OH is 1. The first kappa shape index (κ1) is 10.5. The molecule has 3 heteroatoms. The van der Waals surface area contributed by atoms with Gasteiger partial charge in [0, 0.05) is 6.42 Å². The molecule has 1 aliphatic rings. The average molecular weight is 185 g/mol. The summed E-state index contributed by atoms with van der Waals surface area (Å²) >= 11 is 0. The number of nitrogens with two attached hydrogens (primary N) is 1. The lowest BCUT2D eigenvalue weighted by Gasteiger charge is -2.38. The van der Waals surface area contributed by atoms with Crippen molar-refractivity contribution < 1.29 is 9.90 Å². The van der Waals surface area contributed by atoms with Gasteiger partial charge in [0.1, 0.15) is 0 Å². The third kappa shape index (κ3) is 2.69. The van der Waals surface area contributed by atoms with Gasteiger partial charge in [-0.2, -0.15) is 0 Å². The lowest BCUT2D eigenvalue weighted by atomic mass is 9.70. The van der Waals surface area contributed by atoms with Crippen LogP contribution in [0.1, 0.15) is 45.4 Å². The summed E-state index contributed by atoms with van der Waals surface area (Å²) in [5.74, 6) is -0.265. The van der Waals surface area contributed by atoms with Crippen molar-refractivity contribution in [3.63, 3.8) is 0 Å². The molecule has 1 aliphatic carbocycles. The summed E-state index contributed by atoms with van der Waals surface area (Å²) in [6, 6.07) is 0. The standard InChI is InChI=1S/C10H19NO2/c1-10(7-5-9(11)13)6-3-2-4-8(10)12/h8,12H,2-7H2,1H3,(H2,11,13). The minimum Gasteiger partial charge on any atom is -0.393 e. The maximum absolute atomic E-state index is 10.6. The van der Waals surface area contributed by atoms with E-state index >= 15 is 0 Å². The molecule has 0 aromatic carbocycles. The first-order chi connectivity index (χ1) is 6.04. The fraction of sp³-hybridized carbons (Fsp3) is 0.900. The highest BCUT2D eigenvalue weighted by atomic mass is 16.3. The predicted molar refractivity (Wildman–Crippen MR) is 51.0 cm³/mol. The molecule has 0 aliphatic heterocycles. The molecule has 2 unspecified atom stereocenters. The summed E-state index contributed by atoms with van der Waals surface area (Å²) in [4.78, 5) is 10.6. The van der Waals surface area contributed by atoms with Gasteiger partial charge in [0.05, 0.1) is 6.10 Å². The highest BCUT2D eigenvalue weighted by Gasteiger charge is 2.34. The summed E-state index contributed by atoms with van der Waals surface area (Å²) in [6.45, 7) is 2.06. The van der Waals surface area contributed by atoms with E-state index in [0.29, 0.717) is 6.42 Å². The van der Waals surface area contributed by atoms with E-state index in [-0.39, 0.29) is 17.4 Å². The van der Waals surface area contributed by atoms with Crippen LogP contribution in [0.5, 0.6) is 0 Å². The van der Waals surface area contributed by atoms with Gasteiger partial charge >= 0.3 is 0 Å². The molecule has 0 spiro atoms. The van der Waals surface area contributed by atoms with Crippen LogP contribution in [0.15, 0.2) is 0 Å². The van der Waals surface area contributed by atoms with Crippen molar-refractivity contribution in [1.29, 1.82) is 0 Å². The minimum atomic E-state index is -0.265. The molecular formula is C10H19NO2. The van der Waals surface area contributed by atoms with Crippen LogP contribution in [0.4, 0.5) is 0 Å². The summed E-state index contributed by atoms with van der Waals surface area (Å²) in [5, 5.41) is 9.79. The second-order valence-electron chi connectivity index (χ2n) is 4.38. The van der Waals surface area contributed by atoms with Gasteiger partial charge in [0.25, 0.3) is 0 Å². The molecule has 0 aromatic heterocycles. The Morgan fingerprint density at radius 1 is 1.62 bits per heavy atom. The number of hydrogen-bond donors (Lipinski definition) is 2. The third-order valence-corrected chi connectivity index (χ3v) is 3.22. The molecule has 76 valence electrons. The number of carbonyl (C=O) groups is 1. The number of aliphatic hydroxyl groups is 1. The second-order valence-corrected chi connectivity index (χ2v) is 4.38. The largest absolute Gasteiger partial charge is 0.393 e. The Labute approximate surface area is 79.3 Å². The van der Waals surface area contributed by atoms with Gasteiger partial charge in [-0.15, -0.1) is 0 Å². The van der Waals surface area contributed by atoms with Gasteiger partial charge in [-0.3, -0.25) is 4.79 Å². The van der Waals surface area contributed by atoms with E-state index < -0.39 is 0 Å². The van der Waals surface area contributed by atoms with E-state index in [1.54, 1.807) is 0 Å². The van der Waals surface area contributed by atoms with Gasteiger partial charge in [0.2, 0.25) is 5.91 Å². The molecule has 1 rings (SSSR count). The second kappa shape index (κ2) is 4.09. The maximum atomic E-state index is 10.6. The van der Waals surface area contributed by atoms with Crippen molar-refractivity contribution in [2.45, 2.75) is 51.6 Å². The van der Waals surface area contributed by atoms with Crippen molar-refractivity contribution in [2.24, 2.45) is 11.1 Å². The van der Waals surface area contributed by atoms with Crippen LogP contribution >= 0.6 is 0 Å². The summed E-state index contributed by atoms with van der Waals surface area (Å²) < 4.78 is 0. The van der Waals surface area contributed by atoms with Crippen molar-refractivity contribution >= 4 is 5.91 Å². The summed E-state index contributed by atoms with van der Waals surface area (Å²) in [5.41, 5.74) is 5.02. The number of primary amides is 1. The van der Waals surface area contributed by atoms with Gasteiger partial charge in [-0.1, -0.05) is 19.8 Å². The Hall–Kier alpha value is -0.570. The summed E-state index contributed by atoms with van der Waals surface area (Å²) in [7, 11) is 0. The highest BCUT2D eigenvalue weighted by molar-refractivity contribution is 5.73. The maximum Gasteiger partial charge on any atom is 0.217 e. The van der Waals surface area contributed by atoms with E-state index in [1.807, 2.05) is 0 Å². The first-order valence-corrected chi connectivity index (χ1v) is 5.01. The zero-order valence-electron chi connectivity index (χ0n) is 8.25. The first-order valence-electron chi connectivity index (χ1n) is 5.01. The Morgan fingerprint density at radius 2 is 2.31 bits per heavy atom. The van der Waals surface area contributed by atoms with Gasteiger partial charge < -0.3 is 10.8 Å². The zero-order valence-corrected chi connectivity index (χ0v) is 8.25. The van der Waals surface area contributed by atoms with E-state index in [2.05, 4.69) is 6.92 Å². The van der Waals surface area contributed by atoms with Gasteiger partial charge in [-0.25, -0.2) is 0 Å². The highest BCUT2D eigenvalue weighted by Crippen LogP contribution is 2.39. The molecule has 3 nitrogen and oxygen atoms in total. The third-order valence-electron chi connectivity index (χ3n) is 3.22. The Morgan fingerprint density at radius 3 is 2.85 bits per heavy atom. The van der Waals surface area contributed by atoms with E-state index in [9.17, 15) is 9.90 Å². The minimum absolute atomic E-state index is 0.0761. The van der Waals surface area contributed by atoms with E-state index in [4.69, 9.17) is 5.73 Å². The fourth-order valence-corrected chi connectivity index (χ4v) is 2.08. The molecular weight excluding hydrogens is 166 g/mol. The van der Waals surface area contributed by atoms with Gasteiger partial charge in [-0.05, 0) is 24.7 Å². The molecule has 0 saturated heterocycles. The molecule has 0 radical (unpaired) electrons. The molecule has 2 atom stereocenters. The van der Waals surface area contributed by atoms with E-state index in [0.717, 1.165) is 32.1 Å². The Balaban J connectivity index is 2.46. The number of rotatable bonds is 3. The van der Waals surface area contributed by atoms with Crippen molar-refractivity contribution in [1.82, 2.24) is 0 Å². The Kier molecular flexibility index (Phi) is 3.31. The molecule has 1 fully saturated rings. The van der Waals surface area contributed by atoms with Crippen molar-refractivity contribution in [3.8, 4) is 0 Å². The van der Waals surface area contributed by atoms with Crippen molar-refractivity contribution in [2.75, 3.05) is 0 Å². The number of hydrogen-bond acceptors (Lipinski definition) is 2. The fourth-order valence-electron chi connectivity index (χ4n) is 2.08. The normalized spacial score (nSPS) is 34.5. The topological polar surface area (TPSA) is 63.3 Å². The zero-order chi connectivity index (χ0) is 9.90. The van der Waals surface area contributed by atoms with E-state index in [1.165, 1.54) is 0 Å². The van der Waals surface area contributed by atoms with Crippen LogP contribution in [0.3, 0.4) is 0 Å². The molecule has 3 N–H and O–H groups in total. The lowest BCUT2D eigenvalue weighted by Crippen LogP contribution is -2.36. The smallest absolute Gasteiger partial charge is 0.217 e. The van der Waals surface area contributed by atoms with Crippen LogP contribution in [0, 0.1) is 5.41 Å². The monoisotopic (exact) mass is 185 g/mol. The van der Waals surface area contributed by atoms with Crippen LogP contribution in [0.25, 0.3) is 0 Å². The average Bonchev–Trinajstić information content (AvgIpc) is 2.07. The van der Waals surface area contributed by atoms with Crippen molar-refractivity contribution in [3.05, 3.63) is 0 Å². The SMILES string of the molecule is CC1(CCC(N)=O)CCCCC1O. The van der Waals surface area contributed by atoms with Crippen LogP contribution in [-0.4, -0.2) is 17.1 Å². The predicted octanol–water partition coefficient (Wildman–Crippen LogP) is 1.19. The Bertz CT molecular complexity index is 193. The number of carbonyl (C=O) groups excluding carboxylic acids is 1. The number of amides is 1. The van der Waals surface area contributed by atoms with Gasteiger partial charge in [0.15, 0.2) is 0 Å².